The number of benzene rings is 1. The highest BCUT2D eigenvalue weighted by atomic mass is 32.2. The van der Waals surface area contributed by atoms with E-state index >= 15 is 0 Å². The monoisotopic (exact) mass is 357 g/mol. The van der Waals surface area contributed by atoms with Crippen molar-refractivity contribution in [2.75, 3.05) is 12.3 Å². The van der Waals surface area contributed by atoms with Crippen molar-refractivity contribution >= 4 is 18.1 Å². The van der Waals surface area contributed by atoms with Gasteiger partial charge in [-0.3, -0.25) is 0 Å². The maximum atomic E-state index is 13.9. The third-order valence-electron chi connectivity index (χ3n) is 4.17. The van der Waals surface area contributed by atoms with Gasteiger partial charge in [0.05, 0.1) is 15.7 Å². The molecule has 0 unspecified atom stereocenters. The van der Waals surface area contributed by atoms with E-state index in [1.165, 1.54) is 0 Å². The molecule has 2 atom stereocenters. The summed E-state index contributed by atoms with van der Waals surface area (Å²) in [5, 5.41) is -0.765. The van der Waals surface area contributed by atoms with E-state index in [4.69, 9.17) is 0 Å². The van der Waals surface area contributed by atoms with Crippen molar-refractivity contribution in [2.45, 2.75) is 64.4 Å². The lowest BCUT2D eigenvalue weighted by Crippen LogP contribution is -2.46. The molecule has 0 aliphatic carbocycles. The maximum Gasteiger partial charge on any atom is 0.112 e. The highest BCUT2D eigenvalue weighted by Crippen LogP contribution is 2.62. The van der Waals surface area contributed by atoms with Crippen molar-refractivity contribution in [3.05, 3.63) is 35.9 Å². The van der Waals surface area contributed by atoms with E-state index in [2.05, 4.69) is 18.6 Å². The largest absolute Gasteiger partial charge is 0.321 e. The quantitative estimate of drug-likeness (QED) is 0.658. The van der Waals surface area contributed by atoms with E-state index in [1.807, 2.05) is 58.0 Å². The van der Waals surface area contributed by atoms with Gasteiger partial charge in [0.25, 0.3) is 0 Å². The standard InChI is InChI=1S/C18H32NO2PS/c1-7-14-22(20,15-8-2)18(6,16-12-10-9-11-13-16)19-23(21)17(3,4)5/h9-13,19H,7-8,14-15H2,1-6H3/t18-,23+/m1/s1. The van der Waals surface area contributed by atoms with Crippen LogP contribution in [-0.4, -0.2) is 21.3 Å². The number of rotatable bonds is 8. The molecule has 1 aromatic carbocycles. The van der Waals surface area contributed by atoms with Crippen LogP contribution in [0.1, 0.15) is 59.9 Å². The van der Waals surface area contributed by atoms with E-state index in [-0.39, 0.29) is 0 Å². The molecule has 0 heterocycles. The lowest BCUT2D eigenvalue weighted by atomic mass is 10.1. The van der Waals surface area contributed by atoms with Crippen molar-refractivity contribution in [1.29, 1.82) is 0 Å². The summed E-state index contributed by atoms with van der Waals surface area (Å²) < 4.78 is 29.6. The van der Waals surface area contributed by atoms with Gasteiger partial charge in [-0.25, -0.2) is 8.93 Å². The fourth-order valence-corrected chi connectivity index (χ4v) is 7.64. The Morgan fingerprint density at radius 3 is 1.87 bits per heavy atom. The van der Waals surface area contributed by atoms with Crippen LogP contribution in [0.3, 0.4) is 0 Å². The zero-order valence-corrected chi connectivity index (χ0v) is 17.1. The Morgan fingerprint density at radius 1 is 1.00 bits per heavy atom. The molecule has 0 spiro atoms. The predicted octanol–water partition coefficient (Wildman–Crippen LogP) is 5.09. The van der Waals surface area contributed by atoms with Crippen LogP contribution in [0.25, 0.3) is 0 Å². The molecule has 0 radical (unpaired) electrons. The molecule has 1 aromatic rings. The zero-order chi connectivity index (χ0) is 17.7. The van der Waals surface area contributed by atoms with Gasteiger partial charge in [0.2, 0.25) is 0 Å². The Bertz CT molecular complexity index is 558. The van der Waals surface area contributed by atoms with Crippen LogP contribution < -0.4 is 4.72 Å². The summed E-state index contributed by atoms with van der Waals surface area (Å²) in [5.41, 5.74) is 0.961. The van der Waals surface area contributed by atoms with Crippen LogP contribution in [0.2, 0.25) is 0 Å². The summed E-state index contributed by atoms with van der Waals surface area (Å²) in [6.45, 7) is 11.9. The first-order chi connectivity index (χ1) is 10.6. The van der Waals surface area contributed by atoms with Crippen LogP contribution in [-0.2, 0) is 20.8 Å². The SMILES string of the molecule is CCCP(=O)(CCC)[C@@](C)(N[S@@](=O)C(C)(C)C)c1ccccc1. The Hall–Kier alpha value is -0.440. The lowest BCUT2D eigenvalue weighted by molar-refractivity contribution is 0.511. The van der Waals surface area contributed by atoms with Gasteiger partial charge in [0.15, 0.2) is 0 Å². The topological polar surface area (TPSA) is 46.2 Å². The Balaban J connectivity index is 3.42. The van der Waals surface area contributed by atoms with Crippen molar-refractivity contribution in [1.82, 2.24) is 4.72 Å². The smallest absolute Gasteiger partial charge is 0.112 e. The molecule has 0 bridgehead atoms. The molecule has 1 rings (SSSR count). The Labute approximate surface area is 144 Å². The van der Waals surface area contributed by atoms with Gasteiger partial charge in [-0.05, 0) is 46.1 Å². The molecule has 0 aliphatic heterocycles. The molecule has 5 heteroatoms. The normalized spacial score (nSPS) is 16.8. The minimum absolute atomic E-state index is 0.403. The van der Waals surface area contributed by atoms with E-state index in [1.54, 1.807) is 0 Å². The van der Waals surface area contributed by atoms with Crippen LogP contribution in [0.15, 0.2) is 30.3 Å². The van der Waals surface area contributed by atoms with Crippen molar-refractivity contribution in [3.63, 3.8) is 0 Å². The molecule has 0 aromatic heterocycles. The molecule has 1 N–H and O–H groups in total. The third-order valence-corrected chi connectivity index (χ3v) is 10.4. The number of hydrogen-bond donors (Lipinski definition) is 1. The molecule has 3 nitrogen and oxygen atoms in total. The Morgan fingerprint density at radius 2 is 1.48 bits per heavy atom. The van der Waals surface area contributed by atoms with Crippen LogP contribution in [0.5, 0.6) is 0 Å². The first kappa shape index (κ1) is 20.6. The van der Waals surface area contributed by atoms with Crippen LogP contribution in [0.4, 0.5) is 0 Å². The van der Waals surface area contributed by atoms with Crippen molar-refractivity contribution in [3.8, 4) is 0 Å². The van der Waals surface area contributed by atoms with E-state index < -0.39 is 28.2 Å². The minimum atomic E-state index is -2.59. The number of nitrogens with one attached hydrogen (secondary N) is 1. The molecular weight excluding hydrogens is 325 g/mol. The first-order valence-corrected chi connectivity index (χ1v) is 11.7. The van der Waals surface area contributed by atoms with Crippen molar-refractivity contribution < 1.29 is 8.77 Å². The summed E-state index contributed by atoms with van der Waals surface area (Å²) in [6, 6.07) is 9.85. The van der Waals surface area contributed by atoms with Gasteiger partial charge < -0.3 is 4.57 Å². The van der Waals surface area contributed by atoms with E-state index in [0.717, 1.165) is 18.4 Å². The van der Waals surface area contributed by atoms with Crippen molar-refractivity contribution in [2.24, 2.45) is 0 Å². The summed E-state index contributed by atoms with van der Waals surface area (Å²) in [6.07, 6.45) is 3.06. The molecule has 0 aliphatic rings. The molecule has 0 saturated carbocycles. The van der Waals surface area contributed by atoms with Gasteiger partial charge in [-0.2, -0.15) is 0 Å². The molecule has 0 saturated heterocycles. The maximum absolute atomic E-state index is 13.9. The third kappa shape index (κ3) is 4.78. The van der Waals surface area contributed by atoms with Crippen LogP contribution >= 0.6 is 7.14 Å². The average Bonchev–Trinajstić information content (AvgIpc) is 2.47. The minimum Gasteiger partial charge on any atom is -0.321 e. The zero-order valence-electron chi connectivity index (χ0n) is 15.4. The Kier molecular flexibility index (Phi) is 7.25. The molecule has 0 amide bonds. The number of hydrogen-bond acceptors (Lipinski definition) is 2. The van der Waals surface area contributed by atoms with Gasteiger partial charge in [-0.1, -0.05) is 44.2 Å². The second-order valence-electron chi connectivity index (χ2n) is 7.26. The molecule has 132 valence electrons. The second-order valence-corrected chi connectivity index (χ2v) is 12.8. The summed E-state index contributed by atoms with van der Waals surface area (Å²) >= 11 is 0. The second kappa shape index (κ2) is 8.09. The van der Waals surface area contributed by atoms with Gasteiger partial charge in [0, 0.05) is 12.3 Å². The summed E-state index contributed by atoms with van der Waals surface area (Å²) in [7, 11) is -3.87. The van der Waals surface area contributed by atoms with Crippen LogP contribution in [0, 0.1) is 0 Å². The molecule has 0 fully saturated rings. The fraction of sp³-hybridized carbons (Fsp3) is 0.667. The molecular formula is C18H32NO2PS. The van der Waals surface area contributed by atoms with E-state index in [0.29, 0.717) is 12.3 Å². The predicted molar refractivity (Wildman–Crippen MR) is 103 cm³/mol. The molecule has 23 heavy (non-hydrogen) atoms. The highest BCUT2D eigenvalue weighted by Gasteiger charge is 2.46. The average molecular weight is 358 g/mol. The van der Waals surface area contributed by atoms with Gasteiger partial charge in [0.1, 0.15) is 12.4 Å². The summed E-state index contributed by atoms with van der Waals surface area (Å²) in [4.78, 5) is 0. The lowest BCUT2D eigenvalue weighted by Gasteiger charge is -2.40. The highest BCUT2D eigenvalue weighted by molar-refractivity contribution is 7.85. The van der Waals surface area contributed by atoms with Gasteiger partial charge >= 0.3 is 0 Å². The fourth-order valence-electron chi connectivity index (χ4n) is 2.76. The van der Waals surface area contributed by atoms with Gasteiger partial charge in [-0.15, -0.1) is 0 Å². The first-order valence-electron chi connectivity index (χ1n) is 8.44. The van der Waals surface area contributed by atoms with E-state index in [9.17, 15) is 8.77 Å². The summed E-state index contributed by atoms with van der Waals surface area (Å²) in [5.74, 6) is 0.